The van der Waals surface area contributed by atoms with Crippen LogP contribution < -0.4 is 5.73 Å². The summed E-state index contributed by atoms with van der Waals surface area (Å²) >= 11 is 0. The predicted molar refractivity (Wildman–Crippen MR) is 62.6 cm³/mol. The summed E-state index contributed by atoms with van der Waals surface area (Å²) in [6.45, 7) is 3.61. The van der Waals surface area contributed by atoms with Gasteiger partial charge in [-0.25, -0.2) is 0 Å². The number of hydrogen-bond donors (Lipinski definition) is 1. The van der Waals surface area contributed by atoms with Gasteiger partial charge in [-0.05, 0) is 69.4 Å². The summed E-state index contributed by atoms with van der Waals surface area (Å²) in [7, 11) is 0. The van der Waals surface area contributed by atoms with E-state index in [-0.39, 0.29) is 0 Å². The van der Waals surface area contributed by atoms with E-state index in [0.29, 0.717) is 0 Å². The van der Waals surface area contributed by atoms with Crippen LogP contribution in [-0.4, -0.2) is 30.6 Å². The Hall–Kier alpha value is -0.0800. The third-order valence-electron chi connectivity index (χ3n) is 4.90. The average Bonchev–Trinajstić information content (AvgIpc) is 2.91. The largest absolute Gasteiger partial charge is 0.330 e. The molecule has 2 saturated carbocycles. The van der Waals surface area contributed by atoms with Crippen molar-refractivity contribution in [3.05, 3.63) is 0 Å². The monoisotopic (exact) mass is 208 g/mol. The molecule has 1 heterocycles. The van der Waals surface area contributed by atoms with Crippen molar-refractivity contribution in [3.63, 3.8) is 0 Å². The molecular weight excluding hydrogens is 184 g/mol. The van der Waals surface area contributed by atoms with E-state index in [1.165, 1.54) is 45.2 Å². The summed E-state index contributed by atoms with van der Waals surface area (Å²) in [5.41, 5.74) is 5.68. The lowest BCUT2D eigenvalue weighted by Crippen LogP contribution is -2.43. The molecule has 0 amide bonds. The molecule has 2 heteroatoms. The number of nitrogens with two attached hydrogens (primary N) is 1. The zero-order valence-corrected chi connectivity index (χ0v) is 9.70. The van der Waals surface area contributed by atoms with Gasteiger partial charge in [0.15, 0.2) is 0 Å². The number of rotatable bonds is 3. The highest BCUT2D eigenvalue weighted by Gasteiger charge is 2.50. The molecule has 2 aliphatic carbocycles. The normalized spacial score (nSPS) is 45.4. The molecule has 0 aromatic heterocycles. The van der Waals surface area contributed by atoms with Crippen molar-refractivity contribution in [2.24, 2.45) is 23.5 Å². The van der Waals surface area contributed by atoms with E-state index in [0.717, 1.165) is 30.3 Å². The van der Waals surface area contributed by atoms with E-state index in [1.807, 2.05) is 0 Å². The van der Waals surface area contributed by atoms with Crippen molar-refractivity contribution in [2.75, 3.05) is 19.6 Å². The molecule has 2 nitrogen and oxygen atoms in total. The first-order valence-electron chi connectivity index (χ1n) is 6.82. The third-order valence-corrected chi connectivity index (χ3v) is 4.90. The first kappa shape index (κ1) is 10.1. The maximum Gasteiger partial charge on any atom is 0.0126 e. The van der Waals surface area contributed by atoms with E-state index < -0.39 is 0 Å². The second-order valence-corrected chi connectivity index (χ2v) is 5.88. The van der Waals surface area contributed by atoms with Gasteiger partial charge in [0.05, 0.1) is 0 Å². The van der Waals surface area contributed by atoms with Crippen LogP contribution >= 0.6 is 0 Å². The van der Waals surface area contributed by atoms with Crippen LogP contribution in [0.25, 0.3) is 0 Å². The molecule has 3 fully saturated rings. The van der Waals surface area contributed by atoms with Crippen LogP contribution in [0.1, 0.15) is 38.5 Å². The van der Waals surface area contributed by atoms with Crippen molar-refractivity contribution in [3.8, 4) is 0 Å². The smallest absolute Gasteiger partial charge is 0.0126 e. The van der Waals surface area contributed by atoms with Crippen LogP contribution in [0, 0.1) is 17.8 Å². The number of nitrogens with zero attached hydrogens (tertiary/aromatic N) is 1. The van der Waals surface area contributed by atoms with Gasteiger partial charge in [-0.2, -0.15) is 0 Å². The third kappa shape index (κ3) is 1.94. The van der Waals surface area contributed by atoms with Crippen molar-refractivity contribution >= 4 is 0 Å². The lowest BCUT2D eigenvalue weighted by atomic mass is 9.93. The molecule has 0 spiro atoms. The van der Waals surface area contributed by atoms with Crippen LogP contribution in [0.3, 0.4) is 0 Å². The van der Waals surface area contributed by atoms with Crippen molar-refractivity contribution in [1.82, 2.24) is 4.90 Å². The quantitative estimate of drug-likeness (QED) is 0.767. The van der Waals surface area contributed by atoms with Crippen LogP contribution in [0.5, 0.6) is 0 Å². The molecule has 0 aromatic carbocycles. The molecule has 0 radical (unpaired) electrons. The summed E-state index contributed by atoms with van der Waals surface area (Å²) in [5, 5.41) is 0. The predicted octanol–water partition coefficient (Wildman–Crippen LogP) is 1.85. The number of hydrogen-bond acceptors (Lipinski definition) is 2. The Morgan fingerprint density at radius 3 is 2.80 bits per heavy atom. The average molecular weight is 208 g/mol. The van der Waals surface area contributed by atoms with Crippen LogP contribution in [0.2, 0.25) is 0 Å². The molecule has 0 bridgehead atoms. The van der Waals surface area contributed by atoms with E-state index in [2.05, 4.69) is 4.90 Å². The van der Waals surface area contributed by atoms with Crippen LogP contribution in [0.15, 0.2) is 0 Å². The van der Waals surface area contributed by atoms with Gasteiger partial charge in [-0.15, -0.1) is 0 Å². The number of piperidine rings is 1. The minimum atomic E-state index is 0.884. The number of likely N-dealkylation sites (tertiary alicyclic amines) is 1. The lowest BCUT2D eigenvalue weighted by Gasteiger charge is -2.37. The Morgan fingerprint density at radius 1 is 1.20 bits per heavy atom. The molecule has 4 atom stereocenters. The highest BCUT2D eigenvalue weighted by Crippen LogP contribution is 2.54. The summed E-state index contributed by atoms with van der Waals surface area (Å²) < 4.78 is 0. The summed E-state index contributed by atoms with van der Waals surface area (Å²) in [5.74, 6) is 3.13. The van der Waals surface area contributed by atoms with Gasteiger partial charge < -0.3 is 5.73 Å². The van der Waals surface area contributed by atoms with E-state index >= 15 is 0 Å². The van der Waals surface area contributed by atoms with Gasteiger partial charge in [0.2, 0.25) is 0 Å². The first-order valence-corrected chi connectivity index (χ1v) is 6.82. The standard InChI is InChI=1S/C13H24N2/c14-6-5-10-2-1-7-15(9-10)13-4-3-11-8-12(11)13/h10-13H,1-9,14H2. The molecular formula is C13H24N2. The Kier molecular flexibility index (Phi) is 2.73. The van der Waals surface area contributed by atoms with Crippen molar-refractivity contribution < 1.29 is 0 Å². The van der Waals surface area contributed by atoms with Gasteiger partial charge in [0.25, 0.3) is 0 Å². The minimum Gasteiger partial charge on any atom is -0.330 e. The van der Waals surface area contributed by atoms with Crippen LogP contribution in [-0.2, 0) is 0 Å². The fourth-order valence-electron chi connectivity index (χ4n) is 4.00. The molecule has 1 saturated heterocycles. The SMILES string of the molecule is NCCC1CCCN(C2CCC3CC32)C1. The van der Waals surface area contributed by atoms with E-state index in [4.69, 9.17) is 5.73 Å². The molecule has 4 unspecified atom stereocenters. The zero-order chi connectivity index (χ0) is 10.3. The van der Waals surface area contributed by atoms with Crippen molar-refractivity contribution in [2.45, 2.75) is 44.6 Å². The highest BCUT2D eigenvalue weighted by atomic mass is 15.2. The lowest BCUT2D eigenvalue weighted by molar-refractivity contribution is 0.110. The van der Waals surface area contributed by atoms with Gasteiger partial charge in [0, 0.05) is 12.6 Å². The second kappa shape index (κ2) is 4.06. The Bertz CT molecular complexity index is 227. The van der Waals surface area contributed by atoms with Gasteiger partial charge in [-0.1, -0.05) is 0 Å². The summed E-state index contributed by atoms with van der Waals surface area (Å²) in [6.07, 6.45) is 8.64. The fraction of sp³-hybridized carbons (Fsp3) is 1.00. The van der Waals surface area contributed by atoms with Gasteiger partial charge in [0.1, 0.15) is 0 Å². The Labute approximate surface area is 93.2 Å². The summed E-state index contributed by atoms with van der Waals surface area (Å²) in [6, 6.07) is 0.968. The maximum atomic E-state index is 5.68. The first-order chi connectivity index (χ1) is 7.38. The molecule has 86 valence electrons. The molecule has 0 aromatic rings. The topological polar surface area (TPSA) is 29.3 Å². The molecule has 3 rings (SSSR count). The Morgan fingerprint density at radius 2 is 2.13 bits per heavy atom. The molecule has 15 heavy (non-hydrogen) atoms. The second-order valence-electron chi connectivity index (χ2n) is 5.88. The van der Waals surface area contributed by atoms with E-state index in [1.54, 1.807) is 6.42 Å². The van der Waals surface area contributed by atoms with Crippen LogP contribution in [0.4, 0.5) is 0 Å². The van der Waals surface area contributed by atoms with Crippen molar-refractivity contribution in [1.29, 1.82) is 0 Å². The van der Waals surface area contributed by atoms with E-state index in [9.17, 15) is 0 Å². The fourth-order valence-corrected chi connectivity index (χ4v) is 4.00. The highest BCUT2D eigenvalue weighted by molar-refractivity contribution is 5.02. The molecule has 3 aliphatic rings. The maximum absolute atomic E-state index is 5.68. The molecule has 2 N–H and O–H groups in total. The van der Waals surface area contributed by atoms with Gasteiger partial charge >= 0.3 is 0 Å². The minimum absolute atomic E-state index is 0.884. The molecule has 1 aliphatic heterocycles. The summed E-state index contributed by atoms with van der Waals surface area (Å²) in [4.78, 5) is 2.81. The zero-order valence-electron chi connectivity index (χ0n) is 9.70. The number of fused-ring (bicyclic) bond motifs is 1. The Balaban J connectivity index is 1.56. The van der Waals surface area contributed by atoms with Gasteiger partial charge in [-0.3, -0.25) is 4.90 Å².